The largest absolute Gasteiger partial charge is 0.481 e. The molecule has 0 aliphatic heterocycles. The Hall–Kier alpha value is -1.79. The fraction of sp³-hybridized carbons (Fsp3) is 0.154. The van der Waals surface area contributed by atoms with Crippen LogP contribution in [0.15, 0.2) is 46.5 Å². The van der Waals surface area contributed by atoms with Crippen LogP contribution in [0.3, 0.4) is 0 Å². The highest BCUT2D eigenvalue weighted by Gasteiger charge is 2.07. The van der Waals surface area contributed by atoms with Crippen LogP contribution in [0.4, 0.5) is 0 Å². The third kappa shape index (κ3) is 4.11. The molecule has 0 amide bonds. The van der Waals surface area contributed by atoms with E-state index in [1.807, 2.05) is 12.1 Å². The van der Waals surface area contributed by atoms with Crippen LogP contribution in [0, 0.1) is 0 Å². The first-order valence-electron chi connectivity index (χ1n) is 5.71. The van der Waals surface area contributed by atoms with Gasteiger partial charge in [0.15, 0.2) is 5.16 Å². The molecule has 0 bridgehead atoms. The number of nitrogens with zero attached hydrogens (tertiary/aromatic N) is 2. The predicted octanol–water partition coefficient (Wildman–Crippen LogP) is 2.12. The summed E-state index contributed by atoms with van der Waals surface area (Å²) >= 11 is 6.84. The molecule has 0 aliphatic carbocycles. The van der Waals surface area contributed by atoms with E-state index < -0.39 is 5.97 Å². The quantitative estimate of drug-likeness (QED) is 0.676. The second kappa shape index (κ2) is 6.58. The maximum Gasteiger partial charge on any atom is 0.313 e. The van der Waals surface area contributed by atoms with Gasteiger partial charge in [-0.05, 0) is 17.7 Å². The van der Waals surface area contributed by atoms with Gasteiger partial charge < -0.3 is 9.67 Å². The van der Waals surface area contributed by atoms with E-state index in [-0.39, 0.29) is 11.3 Å². The lowest BCUT2D eigenvalue weighted by atomic mass is 10.2. The number of hydrogen-bond donors (Lipinski definition) is 1. The first-order valence-corrected chi connectivity index (χ1v) is 7.07. The highest BCUT2D eigenvalue weighted by molar-refractivity contribution is 7.99. The van der Waals surface area contributed by atoms with E-state index in [1.54, 1.807) is 22.9 Å². The summed E-state index contributed by atoms with van der Waals surface area (Å²) in [7, 11) is 0. The molecule has 2 aromatic rings. The van der Waals surface area contributed by atoms with Crippen molar-refractivity contribution in [2.45, 2.75) is 11.7 Å². The topological polar surface area (TPSA) is 72.2 Å². The van der Waals surface area contributed by atoms with Gasteiger partial charge in [-0.25, -0.2) is 0 Å². The number of carboxylic acid groups (broad SMARTS) is 1. The fourth-order valence-corrected chi connectivity index (χ4v) is 2.39. The fourth-order valence-electron chi connectivity index (χ4n) is 1.56. The van der Waals surface area contributed by atoms with Crippen molar-refractivity contribution in [3.8, 4) is 0 Å². The van der Waals surface area contributed by atoms with E-state index in [0.717, 1.165) is 17.3 Å². The molecule has 0 atom stereocenters. The Labute approximate surface area is 124 Å². The Bertz CT molecular complexity index is 670. The highest BCUT2D eigenvalue weighted by Crippen LogP contribution is 2.16. The first kappa shape index (κ1) is 14.6. The van der Waals surface area contributed by atoms with E-state index >= 15 is 0 Å². The van der Waals surface area contributed by atoms with E-state index in [1.165, 1.54) is 6.07 Å². The van der Waals surface area contributed by atoms with Crippen LogP contribution in [0.1, 0.15) is 5.56 Å². The predicted molar refractivity (Wildman–Crippen MR) is 77.4 cm³/mol. The van der Waals surface area contributed by atoms with Gasteiger partial charge in [-0.15, -0.1) is 0 Å². The van der Waals surface area contributed by atoms with Crippen molar-refractivity contribution in [2.75, 3.05) is 5.75 Å². The van der Waals surface area contributed by atoms with Gasteiger partial charge in [0.1, 0.15) is 0 Å². The Morgan fingerprint density at radius 2 is 2.00 bits per heavy atom. The van der Waals surface area contributed by atoms with Crippen LogP contribution in [-0.2, 0) is 11.3 Å². The molecular weight excluding hydrogens is 300 g/mol. The number of carboxylic acids is 1. The van der Waals surface area contributed by atoms with Crippen LogP contribution in [0.2, 0.25) is 5.02 Å². The monoisotopic (exact) mass is 310 g/mol. The molecule has 0 aliphatic rings. The third-order valence-electron chi connectivity index (χ3n) is 2.44. The van der Waals surface area contributed by atoms with Gasteiger partial charge in [0.2, 0.25) is 0 Å². The lowest BCUT2D eigenvalue weighted by Gasteiger charge is -2.11. The van der Waals surface area contributed by atoms with Crippen LogP contribution < -0.4 is 5.56 Å². The number of rotatable bonds is 5. The number of carbonyl (C=O) groups is 1. The standard InChI is InChI=1S/C13H11ClN2O3S/c14-10-3-1-9(2-4-10)7-16-6-5-11(17)15-13(16)20-8-12(18)19/h1-6H,7-8H2,(H,18,19). The molecule has 104 valence electrons. The molecule has 1 heterocycles. The van der Waals surface area contributed by atoms with E-state index in [2.05, 4.69) is 4.98 Å². The second-order valence-electron chi connectivity index (χ2n) is 3.99. The Morgan fingerprint density at radius 1 is 1.30 bits per heavy atom. The molecule has 0 radical (unpaired) electrons. The number of aromatic nitrogens is 2. The Balaban J connectivity index is 2.23. The third-order valence-corrected chi connectivity index (χ3v) is 3.67. The maximum atomic E-state index is 11.3. The van der Waals surface area contributed by atoms with Crippen molar-refractivity contribution in [1.29, 1.82) is 0 Å². The van der Waals surface area contributed by atoms with Crippen LogP contribution in [0.25, 0.3) is 0 Å². The van der Waals surface area contributed by atoms with Gasteiger partial charge in [-0.2, -0.15) is 4.98 Å². The van der Waals surface area contributed by atoms with Gasteiger partial charge in [0, 0.05) is 23.8 Å². The van der Waals surface area contributed by atoms with E-state index in [9.17, 15) is 9.59 Å². The minimum absolute atomic E-state index is 0.142. The smallest absolute Gasteiger partial charge is 0.313 e. The zero-order valence-corrected chi connectivity index (χ0v) is 11.9. The summed E-state index contributed by atoms with van der Waals surface area (Å²) in [6.45, 7) is 0.492. The van der Waals surface area contributed by atoms with Gasteiger partial charge in [0.05, 0.1) is 5.75 Å². The van der Waals surface area contributed by atoms with Crippen molar-refractivity contribution >= 4 is 29.3 Å². The molecule has 0 unspecified atom stereocenters. The summed E-state index contributed by atoms with van der Waals surface area (Å²) in [6, 6.07) is 8.63. The average molecular weight is 311 g/mol. The molecule has 20 heavy (non-hydrogen) atoms. The van der Waals surface area contributed by atoms with E-state index in [4.69, 9.17) is 16.7 Å². The Morgan fingerprint density at radius 3 is 2.65 bits per heavy atom. The van der Waals surface area contributed by atoms with Crippen molar-refractivity contribution in [3.63, 3.8) is 0 Å². The van der Waals surface area contributed by atoms with Crippen LogP contribution in [-0.4, -0.2) is 26.4 Å². The maximum absolute atomic E-state index is 11.3. The minimum atomic E-state index is -0.953. The second-order valence-corrected chi connectivity index (χ2v) is 5.36. The molecule has 0 fully saturated rings. The van der Waals surface area contributed by atoms with Crippen molar-refractivity contribution < 1.29 is 9.90 Å². The average Bonchev–Trinajstić information content (AvgIpc) is 2.41. The summed E-state index contributed by atoms with van der Waals surface area (Å²) in [4.78, 5) is 25.7. The van der Waals surface area contributed by atoms with Gasteiger partial charge >= 0.3 is 5.97 Å². The SMILES string of the molecule is O=C(O)CSc1nc(=O)ccn1Cc1ccc(Cl)cc1. The molecule has 1 aromatic heterocycles. The number of halogens is 1. The zero-order chi connectivity index (χ0) is 14.5. The van der Waals surface area contributed by atoms with Crippen molar-refractivity contribution in [2.24, 2.45) is 0 Å². The molecule has 2 rings (SSSR count). The Kier molecular flexibility index (Phi) is 4.81. The minimum Gasteiger partial charge on any atom is -0.481 e. The molecule has 5 nitrogen and oxygen atoms in total. The lowest BCUT2D eigenvalue weighted by molar-refractivity contribution is -0.133. The molecule has 1 aromatic carbocycles. The molecular formula is C13H11ClN2O3S. The van der Waals surface area contributed by atoms with Crippen molar-refractivity contribution in [1.82, 2.24) is 9.55 Å². The van der Waals surface area contributed by atoms with Crippen LogP contribution >= 0.6 is 23.4 Å². The van der Waals surface area contributed by atoms with E-state index in [0.29, 0.717) is 16.7 Å². The molecule has 0 saturated carbocycles. The first-order chi connectivity index (χ1) is 9.54. The molecule has 1 N–H and O–H groups in total. The summed E-state index contributed by atoms with van der Waals surface area (Å²) < 4.78 is 1.73. The summed E-state index contributed by atoms with van der Waals surface area (Å²) in [5, 5.41) is 9.73. The lowest BCUT2D eigenvalue weighted by Crippen LogP contribution is -2.14. The molecule has 7 heteroatoms. The summed E-state index contributed by atoms with van der Waals surface area (Å²) in [5.74, 6) is -1.09. The van der Waals surface area contributed by atoms with Gasteiger partial charge in [0.25, 0.3) is 5.56 Å². The molecule has 0 spiro atoms. The number of hydrogen-bond acceptors (Lipinski definition) is 4. The molecule has 0 saturated heterocycles. The number of thioether (sulfide) groups is 1. The number of benzene rings is 1. The van der Waals surface area contributed by atoms with Gasteiger partial charge in [-0.1, -0.05) is 35.5 Å². The summed E-state index contributed by atoms with van der Waals surface area (Å²) in [5.41, 5.74) is 0.599. The van der Waals surface area contributed by atoms with Crippen LogP contribution in [0.5, 0.6) is 0 Å². The normalized spacial score (nSPS) is 10.4. The summed E-state index contributed by atoms with van der Waals surface area (Å²) in [6.07, 6.45) is 1.61. The zero-order valence-electron chi connectivity index (χ0n) is 10.3. The van der Waals surface area contributed by atoms with Gasteiger partial charge in [-0.3, -0.25) is 9.59 Å². The number of aliphatic carboxylic acids is 1. The van der Waals surface area contributed by atoms with Crippen molar-refractivity contribution in [3.05, 3.63) is 57.5 Å². The highest BCUT2D eigenvalue weighted by atomic mass is 35.5.